The average Bonchev–Trinajstić information content (AvgIpc) is 2.79. The van der Waals surface area contributed by atoms with Gasteiger partial charge in [-0.2, -0.15) is 5.10 Å². The summed E-state index contributed by atoms with van der Waals surface area (Å²) >= 11 is 2.21. The van der Waals surface area contributed by atoms with Crippen LogP contribution in [0.5, 0.6) is 0 Å². The maximum absolute atomic E-state index is 11.6. The Morgan fingerprint density at radius 3 is 3.06 bits per heavy atom. The summed E-state index contributed by atoms with van der Waals surface area (Å²) in [4.78, 5) is 15.5. The van der Waals surface area contributed by atoms with Gasteiger partial charge in [-0.05, 0) is 40.8 Å². The van der Waals surface area contributed by atoms with Gasteiger partial charge in [-0.15, -0.1) is 0 Å². The SMILES string of the molecule is O=C(CCn1cncn1)Nc1cccc(I)c1. The molecule has 6 heteroatoms. The van der Waals surface area contributed by atoms with Gasteiger partial charge in [-0.3, -0.25) is 9.48 Å². The Balaban J connectivity index is 1.85. The molecule has 88 valence electrons. The summed E-state index contributed by atoms with van der Waals surface area (Å²) in [5.41, 5.74) is 0.820. The van der Waals surface area contributed by atoms with E-state index in [4.69, 9.17) is 0 Å². The number of hydrogen-bond acceptors (Lipinski definition) is 3. The number of carbonyl (C=O) groups excluding carboxylic acids is 1. The number of aryl methyl sites for hydroxylation is 1. The largest absolute Gasteiger partial charge is 0.326 e. The zero-order valence-electron chi connectivity index (χ0n) is 9.01. The van der Waals surface area contributed by atoms with Crippen molar-refractivity contribution < 1.29 is 4.79 Å². The molecule has 1 N–H and O–H groups in total. The monoisotopic (exact) mass is 342 g/mol. The fraction of sp³-hybridized carbons (Fsp3) is 0.182. The first-order valence-corrected chi connectivity index (χ1v) is 6.20. The molecule has 0 aliphatic carbocycles. The molecule has 0 bridgehead atoms. The Morgan fingerprint density at radius 2 is 2.35 bits per heavy atom. The smallest absolute Gasteiger partial charge is 0.226 e. The van der Waals surface area contributed by atoms with E-state index in [9.17, 15) is 4.79 Å². The molecule has 2 rings (SSSR count). The molecule has 0 aliphatic heterocycles. The van der Waals surface area contributed by atoms with Gasteiger partial charge in [0.1, 0.15) is 12.7 Å². The number of hydrogen-bond donors (Lipinski definition) is 1. The van der Waals surface area contributed by atoms with Gasteiger partial charge in [0.15, 0.2) is 0 Å². The van der Waals surface area contributed by atoms with E-state index in [0.717, 1.165) is 9.26 Å². The second-order valence-electron chi connectivity index (χ2n) is 3.47. The highest BCUT2D eigenvalue weighted by Crippen LogP contribution is 2.12. The van der Waals surface area contributed by atoms with Gasteiger partial charge < -0.3 is 5.32 Å². The lowest BCUT2D eigenvalue weighted by molar-refractivity contribution is -0.116. The predicted molar refractivity (Wildman–Crippen MR) is 72.4 cm³/mol. The summed E-state index contributed by atoms with van der Waals surface area (Å²) < 4.78 is 2.73. The summed E-state index contributed by atoms with van der Waals surface area (Å²) in [6.45, 7) is 0.537. The zero-order valence-corrected chi connectivity index (χ0v) is 11.2. The number of anilines is 1. The summed E-state index contributed by atoms with van der Waals surface area (Å²) in [5.74, 6) is -0.0255. The molecule has 0 aliphatic rings. The first-order valence-electron chi connectivity index (χ1n) is 5.12. The molecule has 0 unspecified atom stereocenters. The Morgan fingerprint density at radius 1 is 1.47 bits per heavy atom. The second-order valence-corrected chi connectivity index (χ2v) is 4.71. The van der Waals surface area contributed by atoms with Crippen LogP contribution in [0.2, 0.25) is 0 Å². The maximum Gasteiger partial charge on any atom is 0.226 e. The van der Waals surface area contributed by atoms with Gasteiger partial charge in [0, 0.05) is 15.7 Å². The maximum atomic E-state index is 11.6. The van der Waals surface area contributed by atoms with Crippen LogP contribution in [0.4, 0.5) is 5.69 Å². The zero-order chi connectivity index (χ0) is 12.1. The molecule has 1 aromatic carbocycles. The third-order valence-electron chi connectivity index (χ3n) is 2.14. The number of halogens is 1. The molecule has 0 fully saturated rings. The molecular weight excluding hydrogens is 331 g/mol. The molecule has 1 amide bonds. The van der Waals surface area contributed by atoms with Crippen LogP contribution >= 0.6 is 22.6 Å². The number of aromatic nitrogens is 3. The molecule has 0 atom stereocenters. The third-order valence-corrected chi connectivity index (χ3v) is 2.81. The highest BCUT2D eigenvalue weighted by atomic mass is 127. The minimum atomic E-state index is -0.0255. The lowest BCUT2D eigenvalue weighted by Gasteiger charge is -2.05. The van der Waals surface area contributed by atoms with Crippen molar-refractivity contribution >= 4 is 34.2 Å². The fourth-order valence-corrected chi connectivity index (χ4v) is 1.90. The number of amides is 1. The van der Waals surface area contributed by atoms with Crippen LogP contribution < -0.4 is 5.32 Å². The summed E-state index contributed by atoms with van der Waals surface area (Å²) in [6, 6.07) is 7.68. The fourth-order valence-electron chi connectivity index (χ4n) is 1.35. The summed E-state index contributed by atoms with van der Waals surface area (Å²) in [6.07, 6.45) is 3.44. The van der Waals surface area contributed by atoms with Gasteiger partial charge in [0.25, 0.3) is 0 Å². The summed E-state index contributed by atoms with van der Waals surface area (Å²) in [5, 5.41) is 6.77. The first-order chi connectivity index (χ1) is 8.24. The van der Waals surface area contributed by atoms with Crippen LogP contribution in [0, 0.1) is 3.57 Å². The molecule has 1 heterocycles. The molecule has 0 saturated carbocycles. The van der Waals surface area contributed by atoms with E-state index in [1.165, 1.54) is 6.33 Å². The molecule has 1 aromatic heterocycles. The standard InChI is InChI=1S/C11H11IN4O/c12-9-2-1-3-10(6-9)15-11(17)4-5-16-8-13-7-14-16/h1-3,6-8H,4-5H2,(H,15,17). The van der Waals surface area contributed by atoms with E-state index >= 15 is 0 Å². The second kappa shape index (κ2) is 5.76. The lowest BCUT2D eigenvalue weighted by atomic mass is 10.3. The molecule has 2 aromatic rings. The van der Waals surface area contributed by atoms with Crippen molar-refractivity contribution in [3.05, 3.63) is 40.5 Å². The predicted octanol–water partition coefficient (Wildman–Crippen LogP) is 1.91. The molecule has 0 spiro atoms. The van der Waals surface area contributed by atoms with E-state index in [2.05, 4.69) is 38.0 Å². The van der Waals surface area contributed by atoms with Crippen LogP contribution in [-0.2, 0) is 11.3 Å². The minimum absolute atomic E-state index is 0.0255. The molecular formula is C11H11IN4O. The summed E-state index contributed by atoms with van der Waals surface area (Å²) in [7, 11) is 0. The highest BCUT2D eigenvalue weighted by Gasteiger charge is 2.03. The van der Waals surface area contributed by atoms with Crippen LogP contribution in [0.3, 0.4) is 0 Å². The van der Waals surface area contributed by atoms with Crippen molar-refractivity contribution in [1.82, 2.24) is 14.8 Å². The number of benzene rings is 1. The Labute approximate surface area is 112 Å². The van der Waals surface area contributed by atoms with Crippen molar-refractivity contribution in [1.29, 1.82) is 0 Å². The number of carbonyl (C=O) groups is 1. The van der Waals surface area contributed by atoms with Crippen LogP contribution in [-0.4, -0.2) is 20.7 Å². The van der Waals surface area contributed by atoms with Gasteiger partial charge >= 0.3 is 0 Å². The van der Waals surface area contributed by atoms with E-state index < -0.39 is 0 Å². The number of nitrogens with zero attached hydrogens (tertiary/aromatic N) is 3. The van der Waals surface area contributed by atoms with Gasteiger partial charge in [-0.25, -0.2) is 4.98 Å². The highest BCUT2D eigenvalue weighted by molar-refractivity contribution is 14.1. The lowest BCUT2D eigenvalue weighted by Crippen LogP contribution is -2.14. The van der Waals surface area contributed by atoms with Crippen molar-refractivity contribution in [3.8, 4) is 0 Å². The Hall–Kier alpha value is -1.44. The van der Waals surface area contributed by atoms with Gasteiger partial charge in [0.05, 0.1) is 6.54 Å². The molecule has 17 heavy (non-hydrogen) atoms. The van der Waals surface area contributed by atoms with Crippen molar-refractivity contribution in [3.63, 3.8) is 0 Å². The van der Waals surface area contributed by atoms with E-state index in [1.807, 2.05) is 24.3 Å². The van der Waals surface area contributed by atoms with E-state index in [1.54, 1.807) is 11.0 Å². The quantitative estimate of drug-likeness (QED) is 0.864. The van der Waals surface area contributed by atoms with E-state index in [-0.39, 0.29) is 5.91 Å². The average molecular weight is 342 g/mol. The number of nitrogens with one attached hydrogen (secondary N) is 1. The molecule has 0 radical (unpaired) electrons. The third kappa shape index (κ3) is 3.81. The van der Waals surface area contributed by atoms with Gasteiger partial charge in [-0.1, -0.05) is 6.07 Å². The van der Waals surface area contributed by atoms with Crippen LogP contribution in [0.15, 0.2) is 36.9 Å². The minimum Gasteiger partial charge on any atom is -0.326 e. The van der Waals surface area contributed by atoms with Crippen molar-refractivity contribution in [2.45, 2.75) is 13.0 Å². The van der Waals surface area contributed by atoms with Gasteiger partial charge in [0.2, 0.25) is 5.91 Å². The number of rotatable bonds is 4. The molecule has 5 nitrogen and oxygen atoms in total. The topological polar surface area (TPSA) is 59.8 Å². The Kier molecular flexibility index (Phi) is 4.08. The van der Waals surface area contributed by atoms with Crippen LogP contribution in [0.1, 0.15) is 6.42 Å². The molecule has 0 saturated heterocycles. The first kappa shape index (κ1) is 12.0. The Bertz CT molecular complexity index is 498. The van der Waals surface area contributed by atoms with Crippen molar-refractivity contribution in [2.24, 2.45) is 0 Å². The van der Waals surface area contributed by atoms with Crippen molar-refractivity contribution in [2.75, 3.05) is 5.32 Å². The van der Waals surface area contributed by atoms with Crippen LogP contribution in [0.25, 0.3) is 0 Å². The normalized spacial score (nSPS) is 10.2. The van der Waals surface area contributed by atoms with E-state index in [0.29, 0.717) is 13.0 Å².